The zero-order valence-electron chi connectivity index (χ0n) is 12.9. The molecule has 124 valence electrons. The minimum absolute atomic E-state index is 0.0276. The number of hydrogen-bond acceptors (Lipinski definition) is 4. The zero-order chi connectivity index (χ0) is 16.7. The lowest BCUT2D eigenvalue weighted by Crippen LogP contribution is -2.39. The monoisotopic (exact) mass is 352 g/mol. The van der Waals surface area contributed by atoms with Crippen molar-refractivity contribution in [2.24, 2.45) is 0 Å². The Balaban J connectivity index is 2.22. The van der Waals surface area contributed by atoms with Crippen LogP contribution in [0.2, 0.25) is 0 Å². The Bertz CT molecular complexity index is 713. The van der Waals surface area contributed by atoms with Gasteiger partial charge in [0.15, 0.2) is 9.84 Å². The predicted octanol–water partition coefficient (Wildman–Crippen LogP) is 2.97. The second kappa shape index (κ2) is 8.12. The number of carbonyl (C=O) groups is 1. The second-order valence-corrected chi connectivity index (χ2v) is 8.32. The molecule has 2 aromatic rings. The van der Waals surface area contributed by atoms with Gasteiger partial charge in [-0.1, -0.05) is 43.3 Å². The normalized spacial score (nSPS) is 12.6. The number of urea groups is 1. The molecular weight excluding hydrogens is 332 g/mol. The summed E-state index contributed by atoms with van der Waals surface area (Å²) in [5.74, 6) is 0. The molecule has 1 aromatic heterocycles. The Morgan fingerprint density at radius 2 is 1.87 bits per heavy atom. The molecule has 0 aliphatic carbocycles. The van der Waals surface area contributed by atoms with Crippen LogP contribution < -0.4 is 10.6 Å². The first-order chi connectivity index (χ1) is 11.1. The van der Waals surface area contributed by atoms with Crippen molar-refractivity contribution in [3.05, 3.63) is 53.4 Å². The van der Waals surface area contributed by atoms with Crippen molar-refractivity contribution in [2.45, 2.75) is 22.8 Å². The van der Waals surface area contributed by atoms with Gasteiger partial charge in [0, 0.05) is 13.1 Å². The fraction of sp³-hybridized carbons (Fsp3) is 0.312. The first-order valence-electron chi connectivity index (χ1n) is 7.39. The minimum atomic E-state index is -3.55. The van der Waals surface area contributed by atoms with E-state index in [2.05, 4.69) is 10.6 Å². The summed E-state index contributed by atoms with van der Waals surface area (Å²) in [4.78, 5) is 11.7. The highest BCUT2D eigenvalue weighted by Gasteiger charge is 2.30. The van der Waals surface area contributed by atoms with E-state index >= 15 is 0 Å². The van der Waals surface area contributed by atoms with Crippen LogP contribution in [0.1, 0.15) is 24.2 Å². The number of nitrogens with one attached hydrogen (secondary N) is 2. The summed E-state index contributed by atoms with van der Waals surface area (Å²) in [6, 6.07) is 11.9. The molecule has 1 heterocycles. The number of hydrogen-bond donors (Lipinski definition) is 2. The lowest BCUT2D eigenvalue weighted by Gasteiger charge is -2.18. The molecule has 0 spiro atoms. The molecule has 0 bridgehead atoms. The number of rotatable bonds is 7. The van der Waals surface area contributed by atoms with Gasteiger partial charge >= 0.3 is 6.03 Å². The zero-order valence-corrected chi connectivity index (χ0v) is 14.5. The minimum Gasteiger partial charge on any atom is -0.338 e. The van der Waals surface area contributed by atoms with E-state index in [1.165, 1.54) is 11.3 Å². The first kappa shape index (κ1) is 17.5. The largest absolute Gasteiger partial charge is 0.338 e. The van der Waals surface area contributed by atoms with Gasteiger partial charge < -0.3 is 10.6 Å². The van der Waals surface area contributed by atoms with Gasteiger partial charge in [0.2, 0.25) is 0 Å². The highest BCUT2D eigenvalue weighted by molar-refractivity contribution is 7.93. The SMILES string of the molecule is CCCNC(=O)NCC(c1ccccc1)S(=O)(=O)c1cccs1. The van der Waals surface area contributed by atoms with Gasteiger partial charge in [-0.15, -0.1) is 11.3 Å². The maximum absolute atomic E-state index is 12.9. The summed E-state index contributed by atoms with van der Waals surface area (Å²) < 4.78 is 26.0. The third-order valence-corrected chi connectivity index (χ3v) is 6.84. The Kier molecular flexibility index (Phi) is 6.18. The van der Waals surface area contributed by atoms with Crippen LogP contribution in [-0.4, -0.2) is 27.5 Å². The Hall–Kier alpha value is -1.86. The molecule has 0 saturated heterocycles. The summed E-state index contributed by atoms with van der Waals surface area (Å²) in [7, 11) is -3.55. The fourth-order valence-corrected chi connectivity index (χ4v) is 4.99. The summed E-state index contributed by atoms with van der Waals surface area (Å²) in [6.07, 6.45) is 0.822. The fourth-order valence-electron chi connectivity index (χ4n) is 2.13. The van der Waals surface area contributed by atoms with E-state index in [-0.39, 0.29) is 12.6 Å². The van der Waals surface area contributed by atoms with Crippen molar-refractivity contribution in [3.8, 4) is 0 Å². The van der Waals surface area contributed by atoms with Crippen molar-refractivity contribution < 1.29 is 13.2 Å². The third-order valence-electron chi connectivity index (χ3n) is 3.30. The molecule has 2 rings (SSSR count). The third kappa shape index (κ3) is 4.56. The van der Waals surface area contributed by atoms with Crippen LogP contribution in [-0.2, 0) is 9.84 Å². The van der Waals surface area contributed by atoms with Gasteiger partial charge in [-0.05, 0) is 23.4 Å². The van der Waals surface area contributed by atoms with Crippen LogP contribution in [0.4, 0.5) is 4.79 Å². The summed E-state index contributed by atoms with van der Waals surface area (Å²) in [5.41, 5.74) is 0.664. The van der Waals surface area contributed by atoms with E-state index in [1.54, 1.807) is 41.8 Å². The average molecular weight is 352 g/mol. The van der Waals surface area contributed by atoms with E-state index in [1.807, 2.05) is 13.0 Å². The molecule has 0 radical (unpaired) electrons. The quantitative estimate of drug-likeness (QED) is 0.804. The maximum atomic E-state index is 12.9. The van der Waals surface area contributed by atoms with E-state index in [0.29, 0.717) is 16.3 Å². The number of thiophene rings is 1. The van der Waals surface area contributed by atoms with E-state index < -0.39 is 15.1 Å². The lowest BCUT2D eigenvalue weighted by molar-refractivity contribution is 0.241. The molecule has 1 aromatic carbocycles. The number of benzene rings is 1. The standard InChI is InChI=1S/C16H20N2O3S2/c1-2-10-17-16(19)18-12-14(13-7-4-3-5-8-13)23(20,21)15-9-6-11-22-15/h3-9,11,14H,2,10,12H2,1H3,(H2,17,18,19). The van der Waals surface area contributed by atoms with Crippen molar-refractivity contribution >= 4 is 27.2 Å². The van der Waals surface area contributed by atoms with Gasteiger partial charge in [0.25, 0.3) is 0 Å². The smallest absolute Gasteiger partial charge is 0.314 e. The Labute approximate surface area is 140 Å². The molecule has 0 saturated carbocycles. The maximum Gasteiger partial charge on any atom is 0.314 e. The van der Waals surface area contributed by atoms with E-state index in [4.69, 9.17) is 0 Å². The molecule has 1 atom stereocenters. The summed E-state index contributed by atoms with van der Waals surface area (Å²) in [5, 5.41) is 6.26. The highest BCUT2D eigenvalue weighted by Crippen LogP contribution is 2.30. The molecule has 1 unspecified atom stereocenters. The molecule has 5 nitrogen and oxygen atoms in total. The molecule has 0 aliphatic heterocycles. The average Bonchev–Trinajstić information content (AvgIpc) is 3.09. The van der Waals surface area contributed by atoms with Crippen LogP contribution >= 0.6 is 11.3 Å². The van der Waals surface area contributed by atoms with Gasteiger partial charge in [-0.25, -0.2) is 13.2 Å². The predicted molar refractivity (Wildman–Crippen MR) is 92.4 cm³/mol. The van der Waals surface area contributed by atoms with Gasteiger partial charge in [0.05, 0.1) is 0 Å². The summed E-state index contributed by atoms with van der Waals surface area (Å²) >= 11 is 1.18. The number of amides is 2. The van der Waals surface area contributed by atoms with Crippen LogP contribution in [0.3, 0.4) is 0 Å². The summed E-state index contributed by atoms with van der Waals surface area (Å²) in [6.45, 7) is 2.54. The Morgan fingerprint density at radius 1 is 1.13 bits per heavy atom. The van der Waals surface area contributed by atoms with Gasteiger partial charge in [-0.3, -0.25) is 0 Å². The van der Waals surface area contributed by atoms with E-state index in [9.17, 15) is 13.2 Å². The highest BCUT2D eigenvalue weighted by atomic mass is 32.2. The van der Waals surface area contributed by atoms with Gasteiger partial charge in [-0.2, -0.15) is 0 Å². The van der Waals surface area contributed by atoms with E-state index in [0.717, 1.165) is 6.42 Å². The second-order valence-electron chi connectivity index (χ2n) is 5.01. The first-order valence-corrected chi connectivity index (χ1v) is 9.82. The van der Waals surface area contributed by atoms with Crippen molar-refractivity contribution in [2.75, 3.05) is 13.1 Å². The van der Waals surface area contributed by atoms with Crippen molar-refractivity contribution in [3.63, 3.8) is 0 Å². The van der Waals surface area contributed by atoms with Crippen LogP contribution in [0, 0.1) is 0 Å². The Morgan fingerprint density at radius 3 is 2.48 bits per heavy atom. The lowest BCUT2D eigenvalue weighted by atomic mass is 10.1. The van der Waals surface area contributed by atoms with Crippen LogP contribution in [0.5, 0.6) is 0 Å². The van der Waals surface area contributed by atoms with Crippen LogP contribution in [0.15, 0.2) is 52.1 Å². The molecule has 2 N–H and O–H groups in total. The molecule has 0 fully saturated rings. The molecule has 0 aliphatic rings. The van der Waals surface area contributed by atoms with Gasteiger partial charge in [0.1, 0.15) is 9.46 Å². The topological polar surface area (TPSA) is 75.3 Å². The number of sulfone groups is 1. The molecule has 23 heavy (non-hydrogen) atoms. The molecular formula is C16H20N2O3S2. The molecule has 7 heteroatoms. The van der Waals surface area contributed by atoms with Crippen LogP contribution in [0.25, 0.3) is 0 Å². The molecule has 2 amide bonds. The van der Waals surface area contributed by atoms with Crippen molar-refractivity contribution in [1.29, 1.82) is 0 Å². The number of carbonyl (C=O) groups excluding carboxylic acids is 1. The van der Waals surface area contributed by atoms with Crippen molar-refractivity contribution in [1.82, 2.24) is 10.6 Å².